The van der Waals surface area contributed by atoms with Crippen LogP contribution in [0.4, 0.5) is 0 Å². The summed E-state index contributed by atoms with van der Waals surface area (Å²) in [5.74, 6) is 1.16. The summed E-state index contributed by atoms with van der Waals surface area (Å²) in [6.45, 7) is 0.864. The van der Waals surface area contributed by atoms with E-state index < -0.39 is 0 Å². The molecule has 0 N–H and O–H groups in total. The Morgan fingerprint density at radius 1 is 0.923 bits per heavy atom. The van der Waals surface area contributed by atoms with E-state index in [2.05, 4.69) is 81.4 Å². The molecule has 1 aliphatic heterocycles. The summed E-state index contributed by atoms with van der Waals surface area (Å²) in [5, 5.41) is 1.29. The van der Waals surface area contributed by atoms with Crippen molar-refractivity contribution in [2.45, 2.75) is 6.54 Å². The molecule has 0 saturated heterocycles. The van der Waals surface area contributed by atoms with Gasteiger partial charge in [0.15, 0.2) is 5.69 Å². The van der Waals surface area contributed by atoms with Crippen molar-refractivity contribution in [3.05, 3.63) is 78.5 Å². The van der Waals surface area contributed by atoms with Crippen LogP contribution in [0.1, 0.15) is 5.56 Å². The minimum atomic E-state index is 0.864. The molecule has 0 spiro atoms. The lowest BCUT2D eigenvalue weighted by Crippen LogP contribution is -2.31. The number of benzene rings is 2. The second-order valence-corrected chi connectivity index (χ2v) is 6.84. The van der Waals surface area contributed by atoms with Gasteiger partial charge < -0.3 is 4.57 Å². The molecular weight excluding hydrogens is 320 g/mol. The quantitative estimate of drug-likeness (QED) is 0.419. The van der Waals surface area contributed by atoms with Gasteiger partial charge in [-0.2, -0.15) is 4.57 Å². The Bertz CT molecular complexity index is 1310. The third-order valence-electron chi connectivity index (χ3n) is 5.45. The monoisotopic (exact) mass is 337 g/mol. The highest BCUT2D eigenvalue weighted by molar-refractivity contribution is 6.04. The van der Waals surface area contributed by atoms with Crippen LogP contribution >= 0.6 is 0 Å². The van der Waals surface area contributed by atoms with Crippen molar-refractivity contribution in [3.8, 4) is 17.2 Å². The van der Waals surface area contributed by atoms with Gasteiger partial charge in [-0.15, -0.1) is 0 Å². The maximum Gasteiger partial charge on any atom is 0.315 e. The molecule has 5 aromatic rings. The van der Waals surface area contributed by atoms with Crippen molar-refractivity contribution in [1.82, 2.24) is 14.1 Å². The summed E-state index contributed by atoms with van der Waals surface area (Å²) in [4.78, 5) is 4.72. The average Bonchev–Trinajstić information content (AvgIpc) is 3.31. The molecule has 3 aromatic heterocycles. The van der Waals surface area contributed by atoms with Crippen LogP contribution in [0, 0.1) is 0 Å². The summed E-state index contributed by atoms with van der Waals surface area (Å²) in [6.07, 6.45) is 1.89. The van der Waals surface area contributed by atoms with Crippen molar-refractivity contribution in [2.24, 2.45) is 7.05 Å². The molecule has 0 unspecified atom stereocenters. The minimum Gasteiger partial charge on any atom is -0.307 e. The van der Waals surface area contributed by atoms with Crippen LogP contribution in [-0.4, -0.2) is 14.1 Å². The summed E-state index contributed by atoms with van der Waals surface area (Å²) in [7, 11) is 2.15. The normalized spacial score (nSPS) is 12.7. The van der Waals surface area contributed by atoms with Gasteiger partial charge in [0.25, 0.3) is 5.65 Å². The SMILES string of the molecule is Cn1c2ccccc2c2c1n(-c1ccccc1)c1[n+]2Cc2cccnc2-1. The highest BCUT2D eigenvalue weighted by atomic mass is 15.3. The molecule has 0 saturated carbocycles. The van der Waals surface area contributed by atoms with Gasteiger partial charge in [0.05, 0.1) is 10.9 Å². The molecule has 0 aliphatic carbocycles. The van der Waals surface area contributed by atoms with E-state index in [9.17, 15) is 0 Å². The standard InChI is InChI=1S/C22H17N4/c1-24-18-12-6-5-11-17(18)20-22(24)26(16-9-3-2-4-10-16)21-19-15(14-25(20)21)8-7-13-23-19/h2-13H,14H2,1H3/q+1. The fraction of sp³-hybridized carbons (Fsp3) is 0.0909. The first-order valence-electron chi connectivity index (χ1n) is 8.86. The molecule has 4 heteroatoms. The van der Waals surface area contributed by atoms with E-state index in [1.165, 1.54) is 27.6 Å². The third kappa shape index (κ3) is 1.59. The Morgan fingerprint density at radius 2 is 1.73 bits per heavy atom. The lowest BCUT2D eigenvalue weighted by molar-refractivity contribution is -0.645. The molecule has 2 aromatic carbocycles. The van der Waals surface area contributed by atoms with E-state index in [4.69, 9.17) is 4.98 Å². The van der Waals surface area contributed by atoms with Gasteiger partial charge in [0.1, 0.15) is 12.2 Å². The van der Waals surface area contributed by atoms with E-state index in [1.807, 2.05) is 12.3 Å². The zero-order chi connectivity index (χ0) is 17.3. The molecule has 0 fully saturated rings. The van der Waals surface area contributed by atoms with Crippen LogP contribution in [0.5, 0.6) is 0 Å². The van der Waals surface area contributed by atoms with Crippen molar-refractivity contribution >= 4 is 22.1 Å². The second kappa shape index (κ2) is 4.82. The number of fused-ring (bicyclic) bond motifs is 7. The smallest absolute Gasteiger partial charge is 0.307 e. The largest absolute Gasteiger partial charge is 0.315 e. The first-order valence-corrected chi connectivity index (χ1v) is 8.86. The number of rotatable bonds is 1. The summed E-state index contributed by atoms with van der Waals surface area (Å²) in [5.41, 5.74) is 7.26. The summed E-state index contributed by atoms with van der Waals surface area (Å²) >= 11 is 0. The third-order valence-corrected chi connectivity index (χ3v) is 5.45. The number of aryl methyl sites for hydroxylation is 1. The molecule has 6 rings (SSSR count). The molecule has 0 radical (unpaired) electrons. The first kappa shape index (κ1) is 13.8. The Balaban J connectivity index is 1.87. The predicted octanol–water partition coefficient (Wildman–Crippen LogP) is 3.83. The fourth-order valence-electron chi connectivity index (χ4n) is 4.36. The van der Waals surface area contributed by atoms with E-state index in [-0.39, 0.29) is 0 Å². The molecule has 4 nitrogen and oxygen atoms in total. The number of para-hydroxylation sites is 2. The van der Waals surface area contributed by atoms with Gasteiger partial charge in [0.2, 0.25) is 5.52 Å². The lowest BCUT2D eigenvalue weighted by Gasteiger charge is -2.03. The lowest BCUT2D eigenvalue weighted by atomic mass is 10.2. The molecule has 0 bridgehead atoms. The molecule has 1 aliphatic rings. The number of pyridine rings is 1. The fourth-order valence-corrected chi connectivity index (χ4v) is 4.36. The Morgan fingerprint density at radius 3 is 2.62 bits per heavy atom. The van der Waals surface area contributed by atoms with Crippen LogP contribution in [0.3, 0.4) is 0 Å². The van der Waals surface area contributed by atoms with Crippen molar-refractivity contribution < 1.29 is 4.57 Å². The maximum absolute atomic E-state index is 4.72. The predicted molar refractivity (Wildman–Crippen MR) is 102 cm³/mol. The van der Waals surface area contributed by atoms with E-state index in [1.54, 1.807) is 0 Å². The average molecular weight is 337 g/mol. The Kier molecular flexibility index (Phi) is 2.57. The van der Waals surface area contributed by atoms with Crippen LogP contribution < -0.4 is 4.57 Å². The highest BCUT2D eigenvalue weighted by Crippen LogP contribution is 2.36. The Labute approximate surface area is 150 Å². The zero-order valence-electron chi connectivity index (χ0n) is 14.4. The number of hydrogen-bond acceptors (Lipinski definition) is 1. The Hall–Kier alpha value is -3.40. The van der Waals surface area contributed by atoms with Gasteiger partial charge in [-0.05, 0) is 30.3 Å². The molecule has 4 heterocycles. The maximum atomic E-state index is 4.72. The van der Waals surface area contributed by atoms with Gasteiger partial charge >= 0.3 is 5.82 Å². The number of nitrogens with zero attached hydrogens (tertiary/aromatic N) is 4. The summed E-state index contributed by atoms with van der Waals surface area (Å²) in [6, 6.07) is 23.4. The van der Waals surface area contributed by atoms with E-state index in [0.717, 1.165) is 23.8 Å². The molecular formula is C22H17N4+. The van der Waals surface area contributed by atoms with Crippen molar-refractivity contribution in [2.75, 3.05) is 0 Å². The molecule has 0 amide bonds. The highest BCUT2D eigenvalue weighted by Gasteiger charge is 2.38. The van der Waals surface area contributed by atoms with Gasteiger partial charge in [-0.25, -0.2) is 9.55 Å². The van der Waals surface area contributed by atoms with Gasteiger partial charge in [0, 0.05) is 18.8 Å². The molecule has 124 valence electrons. The van der Waals surface area contributed by atoms with Crippen LogP contribution in [-0.2, 0) is 13.6 Å². The molecule has 26 heavy (non-hydrogen) atoms. The van der Waals surface area contributed by atoms with Crippen LogP contribution in [0.2, 0.25) is 0 Å². The molecule has 0 atom stereocenters. The van der Waals surface area contributed by atoms with Crippen LogP contribution in [0.15, 0.2) is 72.9 Å². The topological polar surface area (TPSA) is 26.6 Å². The minimum absolute atomic E-state index is 0.864. The first-order chi connectivity index (χ1) is 12.8. The van der Waals surface area contributed by atoms with E-state index in [0.29, 0.717) is 0 Å². The van der Waals surface area contributed by atoms with Crippen molar-refractivity contribution in [1.29, 1.82) is 0 Å². The van der Waals surface area contributed by atoms with Crippen LogP contribution in [0.25, 0.3) is 39.3 Å². The second-order valence-electron chi connectivity index (χ2n) is 6.84. The summed E-state index contributed by atoms with van der Waals surface area (Å²) < 4.78 is 7.07. The van der Waals surface area contributed by atoms with Gasteiger partial charge in [-0.1, -0.05) is 36.4 Å². The van der Waals surface area contributed by atoms with E-state index >= 15 is 0 Å². The zero-order valence-corrected chi connectivity index (χ0v) is 14.4. The number of imidazole rings is 1. The van der Waals surface area contributed by atoms with Crippen molar-refractivity contribution in [3.63, 3.8) is 0 Å². The number of hydrogen-bond donors (Lipinski definition) is 0. The number of aromatic nitrogens is 4. The van der Waals surface area contributed by atoms with Gasteiger partial charge in [-0.3, -0.25) is 0 Å².